The third-order valence-corrected chi connectivity index (χ3v) is 3.63. The summed E-state index contributed by atoms with van der Waals surface area (Å²) in [6, 6.07) is 7.43. The van der Waals surface area contributed by atoms with Gasteiger partial charge in [-0.1, -0.05) is 17.7 Å². The number of aryl methyl sites for hydroxylation is 1. The first-order valence-corrected chi connectivity index (χ1v) is 6.99. The third kappa shape index (κ3) is 2.91. The number of benzene rings is 2. The normalized spacial score (nSPS) is 12.1. The van der Waals surface area contributed by atoms with Gasteiger partial charge in [0.05, 0.1) is 9.95 Å². The van der Waals surface area contributed by atoms with Gasteiger partial charge in [-0.15, -0.1) is 0 Å². The van der Waals surface area contributed by atoms with Crippen molar-refractivity contribution in [2.75, 3.05) is 12.1 Å². The van der Waals surface area contributed by atoms with E-state index >= 15 is 0 Å². The molecule has 0 aromatic heterocycles. The van der Waals surface area contributed by atoms with Crippen molar-refractivity contribution in [1.82, 2.24) is 0 Å². The molecule has 8 heteroatoms. The molecular weight excluding hydrogens is 324 g/mol. The van der Waals surface area contributed by atoms with Crippen molar-refractivity contribution in [3.8, 4) is 11.5 Å². The molecule has 2 aromatic rings. The van der Waals surface area contributed by atoms with Crippen molar-refractivity contribution in [3.63, 3.8) is 0 Å². The number of ether oxygens (including phenoxy) is 2. The van der Waals surface area contributed by atoms with Gasteiger partial charge in [-0.2, -0.15) is 0 Å². The highest BCUT2D eigenvalue weighted by molar-refractivity contribution is 6.32. The second-order valence-electron chi connectivity index (χ2n) is 4.90. The summed E-state index contributed by atoms with van der Waals surface area (Å²) in [7, 11) is 0. The summed E-state index contributed by atoms with van der Waals surface area (Å²) >= 11 is 6.04. The molecule has 7 nitrogen and oxygen atoms in total. The molecule has 0 atom stereocenters. The van der Waals surface area contributed by atoms with E-state index in [1.54, 1.807) is 19.1 Å². The van der Waals surface area contributed by atoms with Crippen LogP contribution in [0.15, 0.2) is 30.3 Å². The number of nitro groups is 1. The maximum Gasteiger partial charge on any atom is 0.274 e. The van der Waals surface area contributed by atoms with Crippen molar-refractivity contribution in [2.24, 2.45) is 0 Å². The largest absolute Gasteiger partial charge is 0.454 e. The Kier molecular flexibility index (Phi) is 3.79. The van der Waals surface area contributed by atoms with Crippen molar-refractivity contribution in [1.29, 1.82) is 0 Å². The van der Waals surface area contributed by atoms with Gasteiger partial charge in [0.15, 0.2) is 11.5 Å². The molecule has 1 N–H and O–H groups in total. The fourth-order valence-electron chi connectivity index (χ4n) is 2.19. The predicted molar refractivity (Wildman–Crippen MR) is 83.4 cm³/mol. The molecule has 0 unspecified atom stereocenters. The Balaban J connectivity index is 1.87. The lowest BCUT2D eigenvalue weighted by Gasteiger charge is -2.08. The summed E-state index contributed by atoms with van der Waals surface area (Å²) in [4.78, 5) is 22.7. The van der Waals surface area contributed by atoms with Crippen LogP contribution in [0.2, 0.25) is 5.02 Å². The van der Waals surface area contributed by atoms with Crippen LogP contribution in [0.4, 0.5) is 11.4 Å². The lowest BCUT2D eigenvalue weighted by atomic mass is 10.1. The zero-order valence-electron chi connectivity index (χ0n) is 12.0. The first-order valence-electron chi connectivity index (χ1n) is 6.61. The smallest absolute Gasteiger partial charge is 0.274 e. The van der Waals surface area contributed by atoms with Crippen LogP contribution in [0, 0.1) is 17.0 Å². The van der Waals surface area contributed by atoms with Crippen LogP contribution in [0.3, 0.4) is 0 Å². The van der Waals surface area contributed by atoms with Crippen LogP contribution >= 0.6 is 11.6 Å². The van der Waals surface area contributed by atoms with Gasteiger partial charge in [-0.05, 0) is 25.1 Å². The van der Waals surface area contributed by atoms with E-state index < -0.39 is 10.8 Å². The number of hydrogen-bond acceptors (Lipinski definition) is 5. The number of rotatable bonds is 3. The lowest BCUT2D eigenvalue weighted by molar-refractivity contribution is -0.385. The number of carbonyl (C=O) groups excluding carboxylic acids is 1. The highest BCUT2D eigenvalue weighted by atomic mass is 35.5. The zero-order valence-corrected chi connectivity index (χ0v) is 12.7. The highest BCUT2D eigenvalue weighted by Crippen LogP contribution is 2.39. The summed E-state index contributed by atoms with van der Waals surface area (Å²) in [5, 5.41) is 13.8. The monoisotopic (exact) mass is 334 g/mol. The van der Waals surface area contributed by atoms with E-state index in [4.69, 9.17) is 21.1 Å². The van der Waals surface area contributed by atoms with Crippen LogP contribution in [-0.2, 0) is 0 Å². The SMILES string of the molecule is Cc1ccc(NC(=O)c2cc(Cl)c3c(c2)OCO3)cc1[N+](=O)[O-]. The van der Waals surface area contributed by atoms with Crippen molar-refractivity contribution in [3.05, 3.63) is 56.6 Å². The minimum Gasteiger partial charge on any atom is -0.454 e. The molecule has 0 saturated carbocycles. The van der Waals surface area contributed by atoms with Gasteiger partial charge in [0.1, 0.15) is 0 Å². The van der Waals surface area contributed by atoms with Gasteiger partial charge >= 0.3 is 0 Å². The number of amides is 1. The fraction of sp³-hybridized carbons (Fsp3) is 0.133. The van der Waals surface area contributed by atoms with Crippen LogP contribution in [0.25, 0.3) is 0 Å². The standard InChI is InChI=1S/C15H11ClN2O5/c1-8-2-3-10(6-12(8)18(20)21)17-15(19)9-4-11(16)14-13(5-9)22-7-23-14/h2-6H,7H2,1H3,(H,17,19). The minimum absolute atomic E-state index is 0.0459. The summed E-state index contributed by atoms with van der Waals surface area (Å²) in [6.07, 6.45) is 0. The summed E-state index contributed by atoms with van der Waals surface area (Å²) in [6.45, 7) is 1.67. The van der Waals surface area contributed by atoms with Gasteiger partial charge in [0.2, 0.25) is 6.79 Å². The molecule has 2 aromatic carbocycles. The number of nitro benzene ring substituents is 1. The number of nitrogens with zero attached hydrogens (tertiary/aromatic N) is 1. The van der Waals surface area contributed by atoms with Gasteiger partial charge in [0.25, 0.3) is 11.6 Å². The average Bonchev–Trinajstić information content (AvgIpc) is 2.98. The van der Waals surface area contributed by atoms with E-state index in [2.05, 4.69) is 5.32 Å². The molecule has 0 fully saturated rings. The lowest BCUT2D eigenvalue weighted by Crippen LogP contribution is -2.12. The number of halogens is 1. The Labute approximate surface area is 135 Å². The van der Waals surface area contributed by atoms with E-state index in [1.807, 2.05) is 0 Å². The Morgan fingerprint density at radius 1 is 1.30 bits per heavy atom. The molecule has 0 aliphatic carbocycles. The Morgan fingerprint density at radius 2 is 2.09 bits per heavy atom. The maximum absolute atomic E-state index is 12.3. The summed E-state index contributed by atoms with van der Waals surface area (Å²) in [5.74, 6) is 0.329. The van der Waals surface area contributed by atoms with Crippen molar-refractivity contribution < 1.29 is 19.2 Å². The molecule has 0 radical (unpaired) electrons. The molecule has 118 valence electrons. The van der Waals surface area contributed by atoms with Gasteiger partial charge in [-0.3, -0.25) is 14.9 Å². The Morgan fingerprint density at radius 3 is 2.83 bits per heavy atom. The van der Waals surface area contributed by atoms with Gasteiger partial charge in [-0.25, -0.2) is 0 Å². The zero-order chi connectivity index (χ0) is 16.6. The van der Waals surface area contributed by atoms with E-state index in [1.165, 1.54) is 18.2 Å². The van der Waals surface area contributed by atoms with E-state index in [0.717, 1.165) is 0 Å². The number of hydrogen-bond donors (Lipinski definition) is 1. The molecule has 3 rings (SSSR count). The molecule has 1 amide bonds. The number of nitrogens with one attached hydrogen (secondary N) is 1. The first kappa shape index (κ1) is 15.1. The molecule has 1 aliphatic heterocycles. The predicted octanol–water partition coefficient (Wildman–Crippen LogP) is 3.54. The number of anilines is 1. The number of fused-ring (bicyclic) bond motifs is 1. The molecule has 0 saturated heterocycles. The summed E-state index contributed by atoms with van der Waals surface area (Å²) in [5.41, 5.74) is 1.04. The van der Waals surface area contributed by atoms with E-state index in [0.29, 0.717) is 22.7 Å². The molecule has 23 heavy (non-hydrogen) atoms. The van der Waals surface area contributed by atoms with E-state index in [-0.39, 0.29) is 23.1 Å². The fourth-order valence-corrected chi connectivity index (χ4v) is 2.45. The Hall–Kier alpha value is -2.80. The maximum atomic E-state index is 12.3. The van der Waals surface area contributed by atoms with E-state index in [9.17, 15) is 14.9 Å². The second-order valence-corrected chi connectivity index (χ2v) is 5.31. The molecule has 0 bridgehead atoms. The van der Waals surface area contributed by atoms with Crippen LogP contribution in [0.1, 0.15) is 15.9 Å². The molecule has 1 heterocycles. The second kappa shape index (κ2) is 5.77. The molecule has 1 aliphatic rings. The third-order valence-electron chi connectivity index (χ3n) is 3.35. The average molecular weight is 335 g/mol. The van der Waals surface area contributed by atoms with Crippen molar-refractivity contribution in [2.45, 2.75) is 6.92 Å². The Bertz CT molecular complexity index is 822. The first-order chi connectivity index (χ1) is 11.0. The summed E-state index contributed by atoms with van der Waals surface area (Å²) < 4.78 is 10.4. The highest BCUT2D eigenvalue weighted by Gasteiger charge is 2.21. The number of carbonyl (C=O) groups is 1. The quantitative estimate of drug-likeness (QED) is 0.684. The van der Waals surface area contributed by atoms with Crippen molar-refractivity contribution >= 4 is 28.9 Å². The van der Waals surface area contributed by atoms with Crippen LogP contribution < -0.4 is 14.8 Å². The minimum atomic E-state index is -0.498. The molecular formula is C15H11ClN2O5. The van der Waals surface area contributed by atoms with Crippen LogP contribution in [-0.4, -0.2) is 17.6 Å². The van der Waals surface area contributed by atoms with Crippen LogP contribution in [0.5, 0.6) is 11.5 Å². The van der Waals surface area contributed by atoms with Gasteiger partial charge in [0, 0.05) is 22.9 Å². The van der Waals surface area contributed by atoms with Gasteiger partial charge < -0.3 is 14.8 Å². The molecule has 0 spiro atoms. The topological polar surface area (TPSA) is 90.7 Å².